The number of carbonyl (C=O) groups is 3. The lowest BCUT2D eigenvalue weighted by molar-refractivity contribution is -0.141. The van der Waals surface area contributed by atoms with E-state index in [0.717, 1.165) is 33.9 Å². The van der Waals surface area contributed by atoms with Crippen LogP contribution in [0.2, 0.25) is 0 Å². The summed E-state index contributed by atoms with van der Waals surface area (Å²) in [5.41, 5.74) is 2.50. The first-order valence-corrected chi connectivity index (χ1v) is 9.67. The monoisotopic (exact) mass is 418 g/mol. The van der Waals surface area contributed by atoms with Gasteiger partial charge in [-0.1, -0.05) is 42.2 Å². The molecular formula is C19H18N2O5S2. The van der Waals surface area contributed by atoms with Crippen LogP contribution in [0.4, 0.5) is 0 Å². The Labute approximate surface area is 170 Å². The first-order valence-electron chi connectivity index (χ1n) is 8.45. The summed E-state index contributed by atoms with van der Waals surface area (Å²) in [6.45, 7) is 1.98. The summed E-state index contributed by atoms with van der Waals surface area (Å²) < 4.78 is 6.97. The zero-order chi connectivity index (χ0) is 20.4. The molecule has 1 fully saturated rings. The Hall–Kier alpha value is -2.65. The fraction of sp³-hybridized carbons (Fsp3) is 0.263. The van der Waals surface area contributed by atoms with Crippen molar-refractivity contribution in [1.82, 2.24) is 9.47 Å². The SMILES string of the molecule is COC(=O)Cn1c(C)c(/C=C2/SC(=S)N(CCC(=O)O)C2=O)c2ccccc21. The molecule has 1 N–H and O–H groups in total. The minimum Gasteiger partial charge on any atom is -0.481 e. The topological polar surface area (TPSA) is 88.8 Å². The molecule has 2 heterocycles. The van der Waals surface area contributed by atoms with E-state index >= 15 is 0 Å². The molecule has 7 nitrogen and oxygen atoms in total. The van der Waals surface area contributed by atoms with Crippen molar-refractivity contribution in [2.75, 3.05) is 13.7 Å². The molecule has 146 valence electrons. The van der Waals surface area contributed by atoms with Gasteiger partial charge in [0, 0.05) is 28.7 Å². The van der Waals surface area contributed by atoms with Crippen molar-refractivity contribution in [1.29, 1.82) is 0 Å². The number of nitrogens with zero attached hydrogens (tertiary/aromatic N) is 2. The molecule has 1 aromatic carbocycles. The number of hydrogen-bond acceptors (Lipinski definition) is 6. The van der Waals surface area contributed by atoms with Crippen LogP contribution in [0.25, 0.3) is 17.0 Å². The van der Waals surface area contributed by atoms with Gasteiger partial charge >= 0.3 is 11.9 Å². The molecule has 1 aliphatic heterocycles. The van der Waals surface area contributed by atoms with Crippen LogP contribution in [0.1, 0.15) is 17.7 Å². The molecule has 0 radical (unpaired) electrons. The molecular weight excluding hydrogens is 400 g/mol. The third kappa shape index (κ3) is 3.81. The van der Waals surface area contributed by atoms with Crippen molar-refractivity contribution in [2.45, 2.75) is 19.9 Å². The van der Waals surface area contributed by atoms with Crippen molar-refractivity contribution in [3.05, 3.63) is 40.4 Å². The number of carboxylic acids is 1. The van der Waals surface area contributed by atoms with Crippen molar-refractivity contribution < 1.29 is 24.2 Å². The van der Waals surface area contributed by atoms with Crippen LogP contribution < -0.4 is 0 Å². The summed E-state index contributed by atoms with van der Waals surface area (Å²) in [4.78, 5) is 37.0. The fourth-order valence-corrected chi connectivity index (χ4v) is 4.36. The first-order chi connectivity index (χ1) is 13.3. The lowest BCUT2D eigenvalue weighted by Gasteiger charge is -2.12. The van der Waals surface area contributed by atoms with Gasteiger partial charge in [-0.15, -0.1) is 0 Å². The standard InChI is InChI=1S/C19H18N2O5S2/c1-11-13(9-15-18(25)20(19(27)28-15)8-7-16(22)23)12-5-3-4-6-14(12)21(11)10-17(24)26-2/h3-6,9H,7-8,10H2,1-2H3,(H,22,23)/b15-9+. The molecule has 3 rings (SSSR count). The Bertz CT molecular complexity index is 1020. The number of thiocarbonyl (C=S) groups is 1. The molecule has 0 spiro atoms. The molecule has 1 saturated heterocycles. The second kappa shape index (κ2) is 8.15. The van der Waals surface area contributed by atoms with Crippen molar-refractivity contribution in [3.8, 4) is 0 Å². The van der Waals surface area contributed by atoms with Gasteiger partial charge in [0.05, 0.1) is 18.4 Å². The van der Waals surface area contributed by atoms with E-state index in [1.54, 1.807) is 6.08 Å². The summed E-state index contributed by atoms with van der Waals surface area (Å²) in [7, 11) is 1.34. The molecule has 1 aromatic heterocycles. The zero-order valence-electron chi connectivity index (χ0n) is 15.3. The number of carboxylic acid groups (broad SMARTS) is 1. The molecule has 0 aliphatic carbocycles. The number of carbonyl (C=O) groups excluding carboxylic acids is 2. The third-order valence-electron chi connectivity index (χ3n) is 4.49. The Morgan fingerprint density at radius 3 is 2.71 bits per heavy atom. The van der Waals surface area contributed by atoms with Crippen molar-refractivity contribution >= 4 is 63.1 Å². The van der Waals surface area contributed by atoms with Crippen molar-refractivity contribution in [2.24, 2.45) is 0 Å². The van der Waals surface area contributed by atoms with Gasteiger partial charge in [0.15, 0.2) is 0 Å². The van der Waals surface area contributed by atoms with E-state index in [1.165, 1.54) is 12.0 Å². The van der Waals surface area contributed by atoms with Gasteiger partial charge in [-0.05, 0) is 19.1 Å². The Kier molecular flexibility index (Phi) is 5.85. The normalized spacial score (nSPS) is 15.6. The lowest BCUT2D eigenvalue weighted by atomic mass is 10.1. The summed E-state index contributed by atoms with van der Waals surface area (Å²) in [5, 5.41) is 9.76. The summed E-state index contributed by atoms with van der Waals surface area (Å²) in [6, 6.07) is 7.60. The second-order valence-corrected chi connectivity index (χ2v) is 7.83. The molecule has 0 bridgehead atoms. The van der Waals surface area contributed by atoms with E-state index in [2.05, 4.69) is 0 Å². The van der Waals surface area contributed by atoms with E-state index in [0.29, 0.717) is 9.23 Å². The Morgan fingerprint density at radius 2 is 2.04 bits per heavy atom. The summed E-state index contributed by atoms with van der Waals surface area (Å²) in [5.74, 6) is -1.66. The highest BCUT2D eigenvalue weighted by Gasteiger charge is 2.32. The minimum absolute atomic E-state index is 0.0421. The van der Waals surface area contributed by atoms with Crippen LogP contribution in [-0.4, -0.2) is 50.4 Å². The molecule has 9 heteroatoms. The number of rotatable bonds is 6. The smallest absolute Gasteiger partial charge is 0.325 e. The van der Waals surface area contributed by atoms with Gasteiger partial charge in [0.25, 0.3) is 5.91 Å². The van der Waals surface area contributed by atoms with E-state index < -0.39 is 5.97 Å². The number of ether oxygens (including phenoxy) is 1. The van der Waals surface area contributed by atoms with Gasteiger partial charge in [-0.2, -0.15) is 0 Å². The third-order valence-corrected chi connectivity index (χ3v) is 5.87. The zero-order valence-corrected chi connectivity index (χ0v) is 16.9. The number of methoxy groups -OCH3 is 1. The van der Waals surface area contributed by atoms with Crippen LogP contribution >= 0.6 is 24.0 Å². The first kappa shape index (κ1) is 20.1. The van der Waals surface area contributed by atoms with Crippen LogP contribution in [-0.2, 0) is 25.7 Å². The number of para-hydroxylation sites is 1. The van der Waals surface area contributed by atoms with Gasteiger partial charge in [0.2, 0.25) is 0 Å². The minimum atomic E-state index is -0.986. The molecule has 0 unspecified atom stereocenters. The number of fused-ring (bicyclic) bond motifs is 1. The average molecular weight is 418 g/mol. The summed E-state index contributed by atoms with van der Waals surface area (Å²) >= 11 is 6.39. The number of esters is 1. The highest BCUT2D eigenvalue weighted by Crippen LogP contribution is 2.35. The molecule has 28 heavy (non-hydrogen) atoms. The Balaban J connectivity index is 2.01. The number of thioether (sulfide) groups is 1. The molecule has 2 aromatic rings. The highest BCUT2D eigenvalue weighted by molar-refractivity contribution is 8.26. The van der Waals surface area contributed by atoms with Gasteiger partial charge in [-0.25, -0.2) is 0 Å². The fourth-order valence-electron chi connectivity index (χ4n) is 3.07. The average Bonchev–Trinajstić information content (AvgIpc) is 3.08. The summed E-state index contributed by atoms with van der Waals surface area (Å²) in [6.07, 6.45) is 1.59. The predicted octanol–water partition coefficient (Wildman–Crippen LogP) is 2.80. The number of aliphatic carboxylic acids is 1. The number of hydrogen-bond donors (Lipinski definition) is 1. The highest BCUT2D eigenvalue weighted by atomic mass is 32.2. The number of amides is 1. The van der Waals surface area contributed by atoms with E-state index in [9.17, 15) is 14.4 Å². The Morgan fingerprint density at radius 1 is 1.32 bits per heavy atom. The number of aromatic nitrogens is 1. The molecule has 0 saturated carbocycles. The van der Waals surface area contributed by atoms with Gasteiger partial charge in [-0.3, -0.25) is 19.3 Å². The largest absolute Gasteiger partial charge is 0.481 e. The van der Waals surface area contributed by atoms with E-state index in [-0.39, 0.29) is 31.4 Å². The maximum Gasteiger partial charge on any atom is 0.325 e. The maximum absolute atomic E-state index is 12.7. The van der Waals surface area contributed by atoms with Crippen molar-refractivity contribution in [3.63, 3.8) is 0 Å². The predicted molar refractivity (Wildman–Crippen MR) is 111 cm³/mol. The van der Waals surface area contributed by atoms with E-state index in [1.807, 2.05) is 35.8 Å². The van der Waals surface area contributed by atoms with Crippen LogP contribution in [0, 0.1) is 6.92 Å². The number of benzene rings is 1. The maximum atomic E-state index is 12.7. The molecule has 0 atom stereocenters. The van der Waals surface area contributed by atoms with Gasteiger partial charge in [0.1, 0.15) is 10.9 Å². The van der Waals surface area contributed by atoms with Crippen LogP contribution in [0.3, 0.4) is 0 Å². The quantitative estimate of drug-likeness (QED) is 0.438. The van der Waals surface area contributed by atoms with Gasteiger partial charge < -0.3 is 14.4 Å². The molecule has 1 aliphatic rings. The second-order valence-electron chi connectivity index (χ2n) is 6.16. The van der Waals surface area contributed by atoms with E-state index in [4.69, 9.17) is 22.1 Å². The van der Waals surface area contributed by atoms with Crippen LogP contribution in [0.15, 0.2) is 29.2 Å². The molecule has 1 amide bonds. The van der Waals surface area contributed by atoms with Crippen LogP contribution in [0.5, 0.6) is 0 Å². The lowest BCUT2D eigenvalue weighted by Crippen LogP contribution is -2.30.